The molecular weight excluding hydrogens is 260 g/mol. The first-order valence-electron chi connectivity index (χ1n) is 6.53. The highest BCUT2D eigenvalue weighted by atomic mass is 32.1. The van der Waals surface area contributed by atoms with Gasteiger partial charge in [-0.3, -0.25) is 9.59 Å². The van der Waals surface area contributed by atoms with E-state index >= 15 is 0 Å². The van der Waals surface area contributed by atoms with Gasteiger partial charge in [-0.2, -0.15) is 0 Å². The summed E-state index contributed by atoms with van der Waals surface area (Å²) in [5.41, 5.74) is 0.690. The summed E-state index contributed by atoms with van der Waals surface area (Å²) in [6.07, 6.45) is 1.50. The van der Waals surface area contributed by atoms with Crippen LogP contribution in [0.2, 0.25) is 0 Å². The van der Waals surface area contributed by atoms with Gasteiger partial charge in [-0.1, -0.05) is 0 Å². The normalized spacial score (nSPS) is 22.6. The Morgan fingerprint density at radius 1 is 1.21 bits per heavy atom. The van der Waals surface area contributed by atoms with Crippen LogP contribution in [0.4, 0.5) is 0 Å². The van der Waals surface area contributed by atoms with Crippen LogP contribution in [0.1, 0.15) is 23.2 Å². The molecule has 2 heterocycles. The minimum Gasteiger partial charge on any atom is -0.336 e. The average Bonchev–Trinajstić information content (AvgIpc) is 2.80. The van der Waals surface area contributed by atoms with Gasteiger partial charge in [0.25, 0.3) is 5.91 Å². The number of piperazine rings is 1. The van der Waals surface area contributed by atoms with Gasteiger partial charge in [-0.05, 0) is 30.7 Å². The predicted molar refractivity (Wildman–Crippen MR) is 74.3 cm³/mol. The van der Waals surface area contributed by atoms with Gasteiger partial charge in [-0.25, -0.2) is 0 Å². The Morgan fingerprint density at radius 2 is 1.95 bits per heavy atom. The third kappa shape index (κ3) is 2.34. The third-order valence-corrected chi connectivity index (χ3v) is 4.19. The Morgan fingerprint density at radius 3 is 2.68 bits per heavy atom. The van der Waals surface area contributed by atoms with Gasteiger partial charge < -0.3 is 9.80 Å². The van der Waals surface area contributed by atoms with Crippen LogP contribution in [-0.4, -0.2) is 47.3 Å². The molecule has 2 aliphatic heterocycles. The van der Waals surface area contributed by atoms with Crippen LogP contribution in [0.5, 0.6) is 0 Å². The molecule has 1 aromatic rings. The maximum absolute atomic E-state index is 12.4. The molecular formula is C14H16N2O2S. The van der Waals surface area contributed by atoms with Crippen LogP contribution < -0.4 is 0 Å². The maximum atomic E-state index is 12.4. The first-order valence-corrected chi connectivity index (χ1v) is 6.97. The molecule has 0 aromatic heterocycles. The molecule has 3 rings (SSSR count). The van der Waals surface area contributed by atoms with Gasteiger partial charge in [0.1, 0.15) is 0 Å². The molecule has 1 atom stereocenters. The van der Waals surface area contributed by atoms with E-state index < -0.39 is 0 Å². The highest BCUT2D eigenvalue weighted by Crippen LogP contribution is 2.23. The number of fused-ring (bicyclic) bond motifs is 1. The quantitative estimate of drug-likeness (QED) is 0.788. The highest BCUT2D eigenvalue weighted by Gasteiger charge is 2.36. The van der Waals surface area contributed by atoms with E-state index in [1.54, 1.807) is 12.1 Å². The summed E-state index contributed by atoms with van der Waals surface area (Å²) in [4.78, 5) is 28.6. The molecule has 2 aliphatic rings. The zero-order valence-electron chi connectivity index (χ0n) is 10.6. The molecule has 2 amide bonds. The fraction of sp³-hybridized carbons (Fsp3) is 0.429. The lowest BCUT2D eigenvalue weighted by Crippen LogP contribution is -2.53. The molecule has 0 saturated carbocycles. The summed E-state index contributed by atoms with van der Waals surface area (Å²) in [7, 11) is 0. The van der Waals surface area contributed by atoms with E-state index in [9.17, 15) is 9.59 Å². The van der Waals surface area contributed by atoms with E-state index in [4.69, 9.17) is 0 Å². The molecule has 4 nitrogen and oxygen atoms in total. The number of rotatable bonds is 1. The lowest BCUT2D eigenvalue weighted by atomic mass is 10.1. The second-order valence-electron chi connectivity index (χ2n) is 5.08. The standard InChI is InChI=1S/C14H16N2O2S/c17-13-6-3-11-9-15(7-8-16(11)13)14(18)10-1-4-12(19)5-2-10/h1-2,4-5,11,19H,3,6-9H2. The van der Waals surface area contributed by atoms with E-state index in [0.717, 1.165) is 11.3 Å². The number of carbonyl (C=O) groups excluding carboxylic acids is 2. The number of nitrogens with zero attached hydrogens (tertiary/aromatic N) is 2. The summed E-state index contributed by atoms with van der Waals surface area (Å²) in [6, 6.07) is 7.47. The van der Waals surface area contributed by atoms with Crippen molar-refractivity contribution in [3.63, 3.8) is 0 Å². The first-order chi connectivity index (χ1) is 9.15. The third-order valence-electron chi connectivity index (χ3n) is 3.90. The van der Waals surface area contributed by atoms with Crippen molar-refractivity contribution in [2.24, 2.45) is 0 Å². The fourth-order valence-electron chi connectivity index (χ4n) is 2.84. The molecule has 19 heavy (non-hydrogen) atoms. The Labute approximate surface area is 117 Å². The van der Waals surface area contributed by atoms with Crippen molar-refractivity contribution >= 4 is 24.4 Å². The smallest absolute Gasteiger partial charge is 0.253 e. The van der Waals surface area contributed by atoms with Crippen LogP contribution in [0.15, 0.2) is 29.2 Å². The Hall–Kier alpha value is -1.49. The number of carbonyl (C=O) groups is 2. The van der Waals surface area contributed by atoms with Crippen molar-refractivity contribution in [2.45, 2.75) is 23.8 Å². The lowest BCUT2D eigenvalue weighted by molar-refractivity contribution is -0.130. The number of amides is 2. The summed E-state index contributed by atoms with van der Waals surface area (Å²) < 4.78 is 0. The van der Waals surface area contributed by atoms with Crippen LogP contribution in [0.3, 0.4) is 0 Å². The minimum absolute atomic E-state index is 0.0485. The summed E-state index contributed by atoms with van der Waals surface area (Å²) in [5.74, 6) is 0.281. The predicted octanol–water partition coefficient (Wildman–Crippen LogP) is 1.42. The van der Waals surface area contributed by atoms with Crippen molar-refractivity contribution in [1.82, 2.24) is 9.80 Å². The molecule has 5 heteroatoms. The monoisotopic (exact) mass is 276 g/mol. The minimum atomic E-state index is 0.0485. The van der Waals surface area contributed by atoms with Gasteiger partial charge in [0, 0.05) is 42.6 Å². The average molecular weight is 276 g/mol. The number of hydrogen-bond donors (Lipinski definition) is 1. The van der Waals surface area contributed by atoms with Crippen molar-refractivity contribution < 1.29 is 9.59 Å². The van der Waals surface area contributed by atoms with Crippen molar-refractivity contribution in [1.29, 1.82) is 0 Å². The van der Waals surface area contributed by atoms with Crippen molar-refractivity contribution in [3.8, 4) is 0 Å². The van der Waals surface area contributed by atoms with Gasteiger partial charge in [0.15, 0.2) is 0 Å². The van der Waals surface area contributed by atoms with Crippen molar-refractivity contribution in [2.75, 3.05) is 19.6 Å². The van der Waals surface area contributed by atoms with E-state index in [2.05, 4.69) is 12.6 Å². The van der Waals surface area contributed by atoms with Crippen LogP contribution in [0, 0.1) is 0 Å². The van der Waals surface area contributed by atoms with Crippen molar-refractivity contribution in [3.05, 3.63) is 29.8 Å². The van der Waals surface area contributed by atoms with E-state index in [0.29, 0.717) is 31.6 Å². The second kappa shape index (κ2) is 4.89. The Kier molecular flexibility index (Phi) is 3.22. The summed E-state index contributed by atoms with van der Waals surface area (Å²) in [6.45, 7) is 1.96. The highest BCUT2D eigenvalue weighted by molar-refractivity contribution is 7.80. The van der Waals surface area contributed by atoms with Crippen LogP contribution in [-0.2, 0) is 4.79 Å². The molecule has 2 saturated heterocycles. The molecule has 2 fully saturated rings. The molecule has 0 bridgehead atoms. The zero-order valence-corrected chi connectivity index (χ0v) is 11.5. The largest absolute Gasteiger partial charge is 0.336 e. The van der Waals surface area contributed by atoms with E-state index in [-0.39, 0.29) is 17.9 Å². The Bertz CT molecular complexity index is 515. The summed E-state index contributed by atoms with van der Waals surface area (Å²) >= 11 is 4.22. The van der Waals surface area contributed by atoms with Gasteiger partial charge >= 0.3 is 0 Å². The first kappa shape index (κ1) is 12.5. The maximum Gasteiger partial charge on any atom is 0.253 e. The fourth-order valence-corrected chi connectivity index (χ4v) is 2.98. The molecule has 1 aromatic carbocycles. The Balaban J connectivity index is 1.72. The number of benzene rings is 1. The van der Waals surface area contributed by atoms with Crippen LogP contribution >= 0.6 is 12.6 Å². The van der Waals surface area contributed by atoms with Gasteiger partial charge in [0.05, 0.1) is 0 Å². The molecule has 0 spiro atoms. The molecule has 0 aliphatic carbocycles. The number of hydrogen-bond acceptors (Lipinski definition) is 3. The van der Waals surface area contributed by atoms with E-state index in [1.165, 1.54) is 0 Å². The zero-order chi connectivity index (χ0) is 13.4. The van der Waals surface area contributed by atoms with Gasteiger partial charge in [0.2, 0.25) is 5.91 Å². The summed E-state index contributed by atoms with van der Waals surface area (Å²) in [5, 5.41) is 0. The topological polar surface area (TPSA) is 40.6 Å². The lowest BCUT2D eigenvalue weighted by Gasteiger charge is -2.37. The molecule has 1 unspecified atom stereocenters. The molecule has 0 radical (unpaired) electrons. The van der Waals surface area contributed by atoms with Crippen LogP contribution in [0.25, 0.3) is 0 Å². The molecule has 100 valence electrons. The SMILES string of the molecule is O=C(c1ccc(S)cc1)N1CCN2C(=O)CCC2C1. The van der Waals surface area contributed by atoms with E-state index in [1.807, 2.05) is 21.9 Å². The number of thiol groups is 1. The van der Waals surface area contributed by atoms with Gasteiger partial charge in [-0.15, -0.1) is 12.6 Å². The molecule has 0 N–H and O–H groups in total. The second-order valence-corrected chi connectivity index (χ2v) is 5.59.